The van der Waals surface area contributed by atoms with Crippen LogP contribution in [0.4, 0.5) is 26.3 Å². The van der Waals surface area contributed by atoms with Crippen molar-refractivity contribution in [2.75, 3.05) is 0 Å². The summed E-state index contributed by atoms with van der Waals surface area (Å²) in [7, 11) is 0. The number of hydrogen-bond donors (Lipinski definition) is 0. The molecule has 0 amide bonds. The second-order valence-electron chi connectivity index (χ2n) is 15.6. The maximum atomic E-state index is 15.0. The third kappa shape index (κ3) is 6.21. The predicted molar refractivity (Wildman–Crippen MR) is 236 cm³/mol. The lowest BCUT2D eigenvalue weighted by Crippen LogP contribution is -2.12. The van der Waals surface area contributed by atoms with Gasteiger partial charge in [0, 0.05) is 21.5 Å². The van der Waals surface area contributed by atoms with Crippen molar-refractivity contribution in [2.45, 2.75) is 26.2 Å². The Kier molecular flexibility index (Phi) is 8.89. The van der Waals surface area contributed by atoms with Gasteiger partial charge in [0.1, 0.15) is 11.6 Å². The molecule has 302 valence electrons. The summed E-state index contributed by atoms with van der Waals surface area (Å²) in [6.45, 7) is 4.06. The average Bonchev–Trinajstić information content (AvgIpc) is 3.77. The first-order valence-corrected chi connectivity index (χ1v) is 19.9. The molecule has 0 saturated heterocycles. The molecule has 62 heavy (non-hydrogen) atoms. The SMILES string of the molecule is Cc1ccccc1-c1ccc2c(c1)c1ccccc1n2-c1cc(-c2ccc(C(F)(F)F)cc2C(F)(F)F)cc(-n2c3ccccc3c3cc(-c4ccccc4C)ccc32)c1C#N. The van der Waals surface area contributed by atoms with Crippen LogP contribution in [-0.4, -0.2) is 9.13 Å². The van der Waals surface area contributed by atoms with Gasteiger partial charge in [-0.2, -0.15) is 31.6 Å². The fraction of sp³-hybridized carbons (Fsp3) is 0.0755. The van der Waals surface area contributed by atoms with Crippen molar-refractivity contribution < 1.29 is 26.3 Å². The molecule has 2 aromatic heterocycles. The highest BCUT2D eigenvalue weighted by Gasteiger charge is 2.39. The molecule has 2 heterocycles. The standard InChI is InChI=1S/C53H33F6N3/c1-31-11-3-5-13-37(31)33-19-23-48-42(25-33)40-15-7-9-17-46(40)61(48)50-27-35(39-22-21-36(52(54,55)56)29-45(39)53(57,58)59)28-51(44(50)30-60)62-47-18-10-8-16-41(47)43-26-34(20-24-49(43)62)38-14-6-4-12-32(38)2/h3-29H,1-2H3. The quantitative estimate of drug-likeness (QED) is 0.159. The Labute approximate surface area is 351 Å². The molecule has 10 aromatic rings. The van der Waals surface area contributed by atoms with Gasteiger partial charge in [-0.3, -0.25) is 0 Å². The fourth-order valence-corrected chi connectivity index (χ4v) is 9.03. The lowest BCUT2D eigenvalue weighted by molar-refractivity contribution is -0.142. The van der Waals surface area contributed by atoms with Crippen LogP contribution in [0.25, 0.3) is 88.4 Å². The molecule has 8 aromatic carbocycles. The molecular weight excluding hydrogens is 793 g/mol. The van der Waals surface area contributed by atoms with Gasteiger partial charge in [0.15, 0.2) is 0 Å². The maximum Gasteiger partial charge on any atom is 0.417 e. The average molecular weight is 826 g/mol. The second kappa shape index (κ2) is 14.3. The number of benzene rings is 8. The molecule has 0 unspecified atom stereocenters. The van der Waals surface area contributed by atoms with Crippen molar-refractivity contribution in [3.05, 3.63) is 192 Å². The van der Waals surface area contributed by atoms with E-state index in [0.29, 0.717) is 28.1 Å². The van der Waals surface area contributed by atoms with Crippen LogP contribution < -0.4 is 0 Å². The highest BCUT2D eigenvalue weighted by molar-refractivity contribution is 6.12. The summed E-state index contributed by atoms with van der Waals surface area (Å²) in [5, 5.41) is 14.7. The molecule has 0 radical (unpaired) electrons. The molecule has 0 fully saturated rings. The number of rotatable bonds is 5. The van der Waals surface area contributed by atoms with E-state index in [9.17, 15) is 18.4 Å². The first kappa shape index (κ1) is 38.6. The summed E-state index contributed by atoms with van der Waals surface area (Å²) in [6.07, 6.45) is -10.2. The molecule has 3 nitrogen and oxygen atoms in total. The zero-order chi connectivity index (χ0) is 43.1. The minimum absolute atomic E-state index is 0.0139. The zero-order valence-corrected chi connectivity index (χ0v) is 33.2. The Balaban J connectivity index is 1.33. The molecule has 0 bridgehead atoms. The molecule has 10 rings (SSSR count). The van der Waals surface area contributed by atoms with Crippen molar-refractivity contribution in [3.63, 3.8) is 0 Å². The maximum absolute atomic E-state index is 15.0. The van der Waals surface area contributed by atoms with E-state index in [1.54, 1.807) is 0 Å². The van der Waals surface area contributed by atoms with Crippen LogP contribution in [0, 0.1) is 25.2 Å². The number of hydrogen-bond acceptors (Lipinski definition) is 1. The molecule has 9 heteroatoms. The first-order chi connectivity index (χ1) is 29.8. The molecule has 0 saturated carbocycles. The van der Waals surface area contributed by atoms with E-state index < -0.39 is 29.0 Å². The second-order valence-corrected chi connectivity index (χ2v) is 15.6. The minimum atomic E-state index is -5.15. The van der Waals surface area contributed by atoms with Crippen LogP contribution in [0.1, 0.15) is 27.8 Å². The van der Waals surface area contributed by atoms with Crippen LogP contribution in [0.5, 0.6) is 0 Å². The largest absolute Gasteiger partial charge is 0.417 e. The van der Waals surface area contributed by atoms with Crippen molar-refractivity contribution in [3.8, 4) is 50.8 Å². The highest BCUT2D eigenvalue weighted by atomic mass is 19.4. The van der Waals surface area contributed by atoms with E-state index in [1.807, 2.05) is 144 Å². The number of fused-ring (bicyclic) bond motifs is 6. The van der Waals surface area contributed by atoms with Gasteiger partial charge in [0.25, 0.3) is 0 Å². The number of para-hydroxylation sites is 2. The Morgan fingerprint density at radius 3 is 1.32 bits per heavy atom. The summed E-state index contributed by atoms with van der Waals surface area (Å²) in [4.78, 5) is 0. The van der Waals surface area contributed by atoms with E-state index in [-0.39, 0.29) is 28.6 Å². The minimum Gasteiger partial charge on any atom is -0.308 e. The Morgan fingerprint density at radius 1 is 0.419 bits per heavy atom. The predicted octanol–water partition coefficient (Wildman–Crippen LogP) is 15.4. The Bertz CT molecular complexity index is 3300. The number of aryl methyl sites for hydroxylation is 2. The molecule has 0 N–H and O–H groups in total. The van der Waals surface area contributed by atoms with Crippen molar-refractivity contribution in [1.29, 1.82) is 5.26 Å². The van der Waals surface area contributed by atoms with Gasteiger partial charge in [-0.05, 0) is 119 Å². The van der Waals surface area contributed by atoms with Crippen LogP contribution in [0.2, 0.25) is 0 Å². The molecule has 0 aliphatic carbocycles. The highest BCUT2D eigenvalue weighted by Crippen LogP contribution is 2.45. The van der Waals surface area contributed by atoms with Crippen LogP contribution in [-0.2, 0) is 12.4 Å². The fourth-order valence-electron chi connectivity index (χ4n) is 9.03. The van der Waals surface area contributed by atoms with Gasteiger partial charge in [0.05, 0.1) is 44.6 Å². The number of nitriles is 1. The van der Waals surface area contributed by atoms with Crippen LogP contribution in [0.3, 0.4) is 0 Å². The van der Waals surface area contributed by atoms with E-state index in [0.717, 1.165) is 61.0 Å². The molecule has 0 aliphatic rings. The lowest BCUT2D eigenvalue weighted by atomic mass is 9.94. The summed E-state index contributed by atoms with van der Waals surface area (Å²) in [6, 6.07) is 50.4. The number of nitrogens with zero attached hydrogens (tertiary/aromatic N) is 3. The normalized spacial score (nSPS) is 12.2. The molecule has 0 atom stereocenters. The number of alkyl halides is 6. The smallest absolute Gasteiger partial charge is 0.308 e. The Hall–Kier alpha value is -7.57. The molecular formula is C53H33F6N3. The van der Waals surface area contributed by atoms with Crippen molar-refractivity contribution in [1.82, 2.24) is 9.13 Å². The van der Waals surface area contributed by atoms with E-state index in [4.69, 9.17) is 0 Å². The van der Waals surface area contributed by atoms with Crippen LogP contribution >= 0.6 is 0 Å². The summed E-state index contributed by atoms with van der Waals surface area (Å²) >= 11 is 0. The van der Waals surface area contributed by atoms with Gasteiger partial charge in [-0.25, -0.2) is 0 Å². The third-order valence-electron chi connectivity index (χ3n) is 11.9. The van der Waals surface area contributed by atoms with E-state index >= 15 is 13.2 Å². The Morgan fingerprint density at radius 2 is 0.871 bits per heavy atom. The monoisotopic (exact) mass is 825 g/mol. The van der Waals surface area contributed by atoms with Crippen LogP contribution in [0.15, 0.2) is 164 Å². The lowest BCUT2D eigenvalue weighted by Gasteiger charge is -2.21. The first-order valence-electron chi connectivity index (χ1n) is 19.9. The topological polar surface area (TPSA) is 33.6 Å². The van der Waals surface area contributed by atoms with Gasteiger partial charge >= 0.3 is 12.4 Å². The van der Waals surface area contributed by atoms with Crippen molar-refractivity contribution in [2.24, 2.45) is 0 Å². The van der Waals surface area contributed by atoms with Gasteiger partial charge in [-0.15, -0.1) is 0 Å². The molecule has 0 aliphatic heterocycles. The molecule has 0 spiro atoms. The van der Waals surface area contributed by atoms with Crippen molar-refractivity contribution >= 4 is 43.6 Å². The summed E-state index contributed by atoms with van der Waals surface area (Å²) < 4.78 is 90.8. The summed E-state index contributed by atoms with van der Waals surface area (Å²) in [5.41, 5.74) is 6.28. The zero-order valence-electron chi connectivity index (χ0n) is 33.2. The third-order valence-corrected chi connectivity index (χ3v) is 11.9. The number of aromatic nitrogens is 2. The van der Waals surface area contributed by atoms with Gasteiger partial charge < -0.3 is 9.13 Å². The van der Waals surface area contributed by atoms with E-state index in [1.165, 1.54) is 12.1 Å². The number of halogens is 6. The summed E-state index contributed by atoms with van der Waals surface area (Å²) in [5.74, 6) is 0. The van der Waals surface area contributed by atoms with Gasteiger partial charge in [-0.1, -0.05) is 103 Å². The van der Waals surface area contributed by atoms with Gasteiger partial charge in [0.2, 0.25) is 0 Å². The van der Waals surface area contributed by atoms with E-state index in [2.05, 4.69) is 18.2 Å².